The minimum Gasteiger partial charge on any atom is -0.462 e. The Kier molecular flexibility index (Phi) is 8.84. The van der Waals surface area contributed by atoms with E-state index in [1.54, 1.807) is 6.08 Å². The Bertz CT molecular complexity index is 636. The van der Waals surface area contributed by atoms with Crippen LogP contribution in [-0.2, 0) is 9.53 Å². The van der Waals surface area contributed by atoms with E-state index in [0.29, 0.717) is 6.61 Å². The van der Waals surface area contributed by atoms with Crippen LogP contribution in [0.4, 0.5) is 0 Å². The average molecular weight is 346 g/mol. The third-order valence-corrected chi connectivity index (χ3v) is 3.42. The van der Waals surface area contributed by atoms with E-state index >= 15 is 0 Å². The zero-order valence-electron chi connectivity index (χ0n) is 14.1. The molecule has 0 aliphatic heterocycles. The first-order chi connectivity index (χ1) is 11.1. The number of carbonyl (C=O) groups is 1. The molecule has 2 aromatic carbocycles. The molecule has 0 aliphatic carbocycles. The molecule has 0 unspecified atom stereocenters. The van der Waals surface area contributed by atoms with Gasteiger partial charge in [-0.3, -0.25) is 0 Å². The Hall–Kier alpha value is -2.10. The maximum atomic E-state index is 11.6. The highest BCUT2D eigenvalue weighted by molar-refractivity contribution is 5.87. The Morgan fingerprint density at radius 1 is 1.00 bits per heavy atom. The van der Waals surface area contributed by atoms with E-state index in [1.165, 1.54) is 11.6 Å². The predicted octanol–water partition coefficient (Wildman–Crippen LogP) is 4.28. The first kappa shape index (κ1) is 19.9. The second-order valence-electron chi connectivity index (χ2n) is 5.65. The van der Waals surface area contributed by atoms with Crippen molar-refractivity contribution in [2.24, 2.45) is 0 Å². The molecule has 0 aromatic heterocycles. The van der Waals surface area contributed by atoms with Crippen LogP contribution in [0, 0.1) is 0 Å². The van der Waals surface area contributed by atoms with Gasteiger partial charge >= 0.3 is 5.97 Å². The van der Waals surface area contributed by atoms with E-state index in [4.69, 9.17) is 4.74 Å². The highest BCUT2D eigenvalue weighted by atomic mass is 35.5. The van der Waals surface area contributed by atoms with Gasteiger partial charge in [0, 0.05) is 12.6 Å². The lowest BCUT2D eigenvalue weighted by molar-refractivity contribution is -0.137. The highest BCUT2D eigenvalue weighted by Gasteiger charge is 1.99. The molecular formula is C20H24ClNO2. The first-order valence-corrected chi connectivity index (χ1v) is 7.80. The van der Waals surface area contributed by atoms with Gasteiger partial charge in [-0.2, -0.15) is 0 Å². The van der Waals surface area contributed by atoms with Gasteiger partial charge in [-0.05, 0) is 43.3 Å². The van der Waals surface area contributed by atoms with Crippen LogP contribution >= 0.6 is 12.4 Å². The van der Waals surface area contributed by atoms with Crippen LogP contribution < -0.4 is 0 Å². The normalized spacial score (nSPS) is 10.6. The second kappa shape index (κ2) is 10.6. The zero-order valence-corrected chi connectivity index (χ0v) is 15.0. The van der Waals surface area contributed by atoms with Gasteiger partial charge < -0.3 is 9.64 Å². The van der Waals surface area contributed by atoms with Gasteiger partial charge in [0.2, 0.25) is 0 Å². The van der Waals surface area contributed by atoms with Crippen LogP contribution in [0.1, 0.15) is 12.0 Å². The van der Waals surface area contributed by atoms with Crippen LogP contribution in [-0.4, -0.2) is 38.1 Å². The summed E-state index contributed by atoms with van der Waals surface area (Å²) in [5, 5.41) is 0. The largest absolute Gasteiger partial charge is 0.462 e. The van der Waals surface area contributed by atoms with Crippen LogP contribution in [0.15, 0.2) is 60.7 Å². The monoisotopic (exact) mass is 345 g/mol. The fourth-order valence-corrected chi connectivity index (χ4v) is 2.18. The summed E-state index contributed by atoms with van der Waals surface area (Å²) in [4.78, 5) is 13.7. The van der Waals surface area contributed by atoms with Crippen LogP contribution in [0.3, 0.4) is 0 Å². The number of halogens is 1. The number of rotatable bonds is 7. The molecule has 0 saturated heterocycles. The topological polar surface area (TPSA) is 29.5 Å². The molecule has 0 heterocycles. The Morgan fingerprint density at radius 3 is 2.25 bits per heavy atom. The fourth-order valence-electron chi connectivity index (χ4n) is 2.18. The molecule has 2 aromatic rings. The van der Waals surface area contributed by atoms with Crippen molar-refractivity contribution in [3.63, 3.8) is 0 Å². The molecule has 0 fully saturated rings. The van der Waals surface area contributed by atoms with Gasteiger partial charge in [-0.25, -0.2) is 4.79 Å². The van der Waals surface area contributed by atoms with Crippen molar-refractivity contribution in [2.45, 2.75) is 6.42 Å². The Morgan fingerprint density at radius 2 is 1.62 bits per heavy atom. The van der Waals surface area contributed by atoms with E-state index in [2.05, 4.69) is 29.2 Å². The molecule has 24 heavy (non-hydrogen) atoms. The number of nitrogens with zero attached hydrogens (tertiary/aromatic N) is 1. The van der Waals surface area contributed by atoms with Gasteiger partial charge in [0.25, 0.3) is 0 Å². The van der Waals surface area contributed by atoms with Crippen molar-refractivity contribution in [2.75, 3.05) is 27.2 Å². The lowest BCUT2D eigenvalue weighted by atomic mass is 10.0. The van der Waals surface area contributed by atoms with E-state index in [0.717, 1.165) is 24.1 Å². The molecule has 3 nitrogen and oxygen atoms in total. The molecule has 0 amide bonds. The second-order valence-corrected chi connectivity index (χ2v) is 5.65. The molecule has 4 heteroatoms. The number of benzene rings is 2. The van der Waals surface area contributed by atoms with E-state index < -0.39 is 0 Å². The molecule has 0 spiro atoms. The minimum atomic E-state index is -0.295. The van der Waals surface area contributed by atoms with Crippen LogP contribution in [0.2, 0.25) is 0 Å². The maximum Gasteiger partial charge on any atom is 0.330 e. The Labute approximate surface area is 150 Å². The predicted molar refractivity (Wildman–Crippen MR) is 102 cm³/mol. The van der Waals surface area contributed by atoms with Gasteiger partial charge in [0.15, 0.2) is 0 Å². The van der Waals surface area contributed by atoms with Crippen LogP contribution in [0.5, 0.6) is 0 Å². The summed E-state index contributed by atoms with van der Waals surface area (Å²) in [6.45, 7) is 1.37. The van der Waals surface area contributed by atoms with Crippen molar-refractivity contribution in [1.29, 1.82) is 0 Å². The molecular weight excluding hydrogens is 322 g/mol. The van der Waals surface area contributed by atoms with Crippen molar-refractivity contribution < 1.29 is 9.53 Å². The summed E-state index contributed by atoms with van der Waals surface area (Å²) in [5.74, 6) is -0.295. The van der Waals surface area contributed by atoms with E-state index in [-0.39, 0.29) is 18.4 Å². The summed E-state index contributed by atoms with van der Waals surface area (Å²) in [5.41, 5.74) is 3.33. The molecule has 2 rings (SSSR count). The van der Waals surface area contributed by atoms with E-state index in [9.17, 15) is 4.79 Å². The average Bonchev–Trinajstić information content (AvgIpc) is 2.58. The third kappa shape index (κ3) is 6.99. The summed E-state index contributed by atoms with van der Waals surface area (Å²) < 4.78 is 5.15. The molecule has 128 valence electrons. The molecule has 0 atom stereocenters. The van der Waals surface area contributed by atoms with Crippen molar-refractivity contribution >= 4 is 24.5 Å². The Balaban J connectivity index is 0.00000288. The molecule has 0 aliphatic rings. The van der Waals surface area contributed by atoms with Crippen LogP contribution in [0.25, 0.3) is 17.2 Å². The smallest absolute Gasteiger partial charge is 0.330 e. The highest BCUT2D eigenvalue weighted by Crippen LogP contribution is 2.19. The lowest BCUT2D eigenvalue weighted by Gasteiger charge is -2.08. The summed E-state index contributed by atoms with van der Waals surface area (Å²) >= 11 is 0. The first-order valence-electron chi connectivity index (χ1n) is 7.80. The molecule has 0 N–H and O–H groups in total. The summed E-state index contributed by atoms with van der Waals surface area (Å²) in [7, 11) is 4.00. The number of ether oxygens (including phenoxy) is 1. The minimum absolute atomic E-state index is 0. The van der Waals surface area contributed by atoms with E-state index in [1.807, 2.05) is 44.4 Å². The quantitative estimate of drug-likeness (QED) is 0.426. The van der Waals surface area contributed by atoms with Crippen molar-refractivity contribution in [3.8, 4) is 11.1 Å². The number of carbonyl (C=O) groups excluding carboxylic acids is 1. The summed E-state index contributed by atoms with van der Waals surface area (Å²) in [6, 6.07) is 18.3. The molecule has 0 radical (unpaired) electrons. The number of esters is 1. The zero-order chi connectivity index (χ0) is 16.5. The van der Waals surface area contributed by atoms with Gasteiger partial charge in [-0.1, -0.05) is 54.6 Å². The van der Waals surface area contributed by atoms with Gasteiger partial charge in [0.1, 0.15) is 0 Å². The standard InChI is InChI=1S/C20H23NO2.ClH/c1-21(2)15-6-16-23-20(22)14-11-17-9-12-19(13-10-17)18-7-4-3-5-8-18;/h3-5,7-14H,6,15-16H2,1-2H3;1H/b14-11-;. The van der Waals surface area contributed by atoms with Gasteiger partial charge in [0.05, 0.1) is 6.61 Å². The maximum absolute atomic E-state index is 11.6. The number of hydrogen-bond acceptors (Lipinski definition) is 3. The van der Waals surface area contributed by atoms with Crippen molar-refractivity contribution in [1.82, 2.24) is 4.90 Å². The third-order valence-electron chi connectivity index (χ3n) is 3.42. The van der Waals surface area contributed by atoms with Gasteiger partial charge in [-0.15, -0.1) is 12.4 Å². The van der Waals surface area contributed by atoms with Crippen molar-refractivity contribution in [3.05, 3.63) is 66.2 Å². The number of hydrogen-bond donors (Lipinski definition) is 0. The molecule has 0 bridgehead atoms. The SMILES string of the molecule is CN(C)CCCOC(=O)/C=C\c1ccc(-c2ccccc2)cc1.Cl. The summed E-state index contributed by atoms with van der Waals surface area (Å²) in [6.07, 6.45) is 4.11. The lowest BCUT2D eigenvalue weighted by Crippen LogP contribution is -2.15. The molecule has 0 saturated carbocycles. The fraction of sp³-hybridized carbons (Fsp3) is 0.250.